The van der Waals surface area contributed by atoms with Crippen molar-refractivity contribution in [3.63, 3.8) is 0 Å². The predicted octanol–water partition coefficient (Wildman–Crippen LogP) is 0.920. The lowest BCUT2D eigenvalue weighted by Crippen LogP contribution is -2.13. The van der Waals surface area contributed by atoms with Gasteiger partial charge in [0.1, 0.15) is 5.75 Å². The Morgan fingerprint density at radius 1 is 1.50 bits per heavy atom. The maximum absolute atomic E-state index is 11.7. The van der Waals surface area contributed by atoms with Gasteiger partial charge >= 0.3 is 0 Å². The summed E-state index contributed by atoms with van der Waals surface area (Å²) in [5.41, 5.74) is 0.130. The summed E-state index contributed by atoms with van der Waals surface area (Å²) in [6.45, 7) is 0. The number of nitrogens with one attached hydrogen (secondary N) is 2. The smallest absolute Gasteiger partial charge is 0.261 e. The van der Waals surface area contributed by atoms with E-state index in [1.165, 1.54) is 6.07 Å². The molecule has 0 saturated heterocycles. The number of rotatable bonds is 2. The number of para-hydroxylation sites is 1. The average Bonchev–Trinajstić information content (AvgIpc) is 2.74. The Balaban J connectivity index is 2.24. The third-order valence-corrected chi connectivity index (χ3v) is 2.45. The number of aromatic nitrogens is 4. The van der Waals surface area contributed by atoms with Crippen LogP contribution < -0.4 is 5.32 Å². The average molecular weight is 284 g/mol. The van der Waals surface area contributed by atoms with Crippen LogP contribution in [0.25, 0.3) is 0 Å². The number of aromatic hydroxyl groups is 1. The second kappa shape index (κ2) is 4.27. The number of H-pyrrole nitrogens is 1. The van der Waals surface area contributed by atoms with Gasteiger partial charge in [-0.05, 0) is 38.5 Å². The fourth-order valence-corrected chi connectivity index (χ4v) is 1.45. The van der Waals surface area contributed by atoms with Crippen LogP contribution in [-0.2, 0) is 0 Å². The summed E-state index contributed by atoms with van der Waals surface area (Å²) in [5, 5.41) is 24.5. The van der Waals surface area contributed by atoms with Crippen LogP contribution in [0.3, 0.4) is 0 Å². The first kappa shape index (κ1) is 10.6. The number of hydrogen-bond acceptors (Lipinski definition) is 5. The van der Waals surface area contributed by atoms with Crippen molar-refractivity contribution in [2.24, 2.45) is 0 Å². The first-order chi connectivity index (χ1) is 7.68. The van der Waals surface area contributed by atoms with Crippen molar-refractivity contribution in [3.8, 4) is 5.75 Å². The molecule has 1 aromatic carbocycles. The molecule has 8 heteroatoms. The van der Waals surface area contributed by atoms with E-state index >= 15 is 0 Å². The minimum Gasteiger partial charge on any atom is -0.506 e. The molecule has 0 radical (unpaired) electrons. The van der Waals surface area contributed by atoms with Gasteiger partial charge in [0.15, 0.2) is 0 Å². The lowest BCUT2D eigenvalue weighted by molar-refractivity contribution is 0.102. The van der Waals surface area contributed by atoms with E-state index in [1.807, 2.05) is 0 Å². The molecule has 3 N–H and O–H groups in total. The van der Waals surface area contributed by atoms with E-state index in [4.69, 9.17) is 0 Å². The third kappa shape index (κ3) is 2.01. The van der Waals surface area contributed by atoms with Crippen molar-refractivity contribution in [2.45, 2.75) is 0 Å². The van der Waals surface area contributed by atoms with Gasteiger partial charge in [-0.1, -0.05) is 11.2 Å². The molecule has 0 bridgehead atoms. The number of benzene rings is 1. The number of aromatic amines is 1. The summed E-state index contributed by atoms with van der Waals surface area (Å²) in [6.07, 6.45) is 0. The highest BCUT2D eigenvalue weighted by atomic mass is 79.9. The number of carbonyl (C=O) groups is 1. The molecule has 0 aliphatic carbocycles. The monoisotopic (exact) mass is 283 g/mol. The second-order valence-corrected chi connectivity index (χ2v) is 3.69. The zero-order valence-electron chi connectivity index (χ0n) is 7.81. The SMILES string of the molecule is O=C(Nc1nnn[nH]1)c1cccc(Br)c1O. The molecular weight excluding hydrogens is 278 g/mol. The number of tetrazole rings is 1. The molecular formula is C8H6BrN5O2. The predicted molar refractivity (Wildman–Crippen MR) is 57.9 cm³/mol. The summed E-state index contributed by atoms with van der Waals surface area (Å²) < 4.78 is 0.441. The van der Waals surface area contributed by atoms with Crippen molar-refractivity contribution < 1.29 is 9.90 Å². The number of phenolic OH excluding ortho intramolecular Hbond substituents is 1. The molecule has 1 amide bonds. The van der Waals surface area contributed by atoms with Crippen molar-refractivity contribution in [1.82, 2.24) is 20.6 Å². The van der Waals surface area contributed by atoms with Gasteiger partial charge < -0.3 is 5.11 Å². The number of hydrogen-bond donors (Lipinski definition) is 3. The Labute approximate surface area is 98.0 Å². The minimum atomic E-state index is -0.502. The number of phenols is 1. The van der Waals surface area contributed by atoms with Gasteiger partial charge in [-0.25, -0.2) is 5.10 Å². The molecule has 2 aromatic rings. The van der Waals surface area contributed by atoms with Crippen molar-refractivity contribution in [3.05, 3.63) is 28.2 Å². The molecule has 82 valence electrons. The van der Waals surface area contributed by atoms with Gasteiger partial charge in [0.05, 0.1) is 10.0 Å². The van der Waals surface area contributed by atoms with Gasteiger partial charge in [-0.3, -0.25) is 10.1 Å². The molecule has 2 rings (SSSR count). The first-order valence-electron chi connectivity index (χ1n) is 4.21. The fraction of sp³-hybridized carbons (Fsp3) is 0. The number of nitrogens with zero attached hydrogens (tertiary/aromatic N) is 3. The van der Waals surface area contributed by atoms with Gasteiger partial charge in [0, 0.05) is 0 Å². The third-order valence-electron chi connectivity index (χ3n) is 1.81. The van der Waals surface area contributed by atoms with E-state index in [-0.39, 0.29) is 17.3 Å². The van der Waals surface area contributed by atoms with Crippen LogP contribution >= 0.6 is 15.9 Å². The zero-order chi connectivity index (χ0) is 11.5. The van der Waals surface area contributed by atoms with Gasteiger partial charge in [0.25, 0.3) is 5.91 Å². The van der Waals surface area contributed by atoms with Crippen LogP contribution in [0, 0.1) is 0 Å². The molecule has 1 aromatic heterocycles. The van der Waals surface area contributed by atoms with E-state index in [0.29, 0.717) is 4.47 Å². The lowest BCUT2D eigenvalue weighted by Gasteiger charge is -2.04. The highest BCUT2D eigenvalue weighted by Gasteiger charge is 2.14. The van der Waals surface area contributed by atoms with Gasteiger partial charge in [-0.2, -0.15) is 0 Å². The van der Waals surface area contributed by atoms with Crippen LogP contribution in [-0.4, -0.2) is 31.6 Å². The largest absolute Gasteiger partial charge is 0.506 e. The molecule has 7 nitrogen and oxygen atoms in total. The molecule has 16 heavy (non-hydrogen) atoms. The van der Waals surface area contributed by atoms with E-state index in [2.05, 4.69) is 41.9 Å². The summed E-state index contributed by atoms with van der Waals surface area (Å²) in [7, 11) is 0. The number of anilines is 1. The maximum atomic E-state index is 11.7. The summed E-state index contributed by atoms with van der Waals surface area (Å²) in [5.74, 6) is -0.519. The van der Waals surface area contributed by atoms with Gasteiger partial charge in [0.2, 0.25) is 5.95 Å². The van der Waals surface area contributed by atoms with Crippen LogP contribution in [0.5, 0.6) is 5.75 Å². The summed E-state index contributed by atoms with van der Waals surface area (Å²) in [4.78, 5) is 11.7. The molecule has 1 heterocycles. The highest BCUT2D eigenvalue weighted by molar-refractivity contribution is 9.10. The Bertz CT molecular complexity index is 513. The quantitative estimate of drug-likeness (QED) is 0.760. The number of amides is 1. The normalized spacial score (nSPS) is 10.1. The summed E-state index contributed by atoms with van der Waals surface area (Å²) in [6, 6.07) is 4.75. The van der Waals surface area contributed by atoms with Crippen LogP contribution in [0.2, 0.25) is 0 Å². The van der Waals surface area contributed by atoms with E-state index in [9.17, 15) is 9.90 Å². The second-order valence-electron chi connectivity index (χ2n) is 2.84. The topological polar surface area (TPSA) is 104 Å². The van der Waals surface area contributed by atoms with E-state index < -0.39 is 5.91 Å². The Morgan fingerprint density at radius 2 is 2.31 bits per heavy atom. The van der Waals surface area contributed by atoms with E-state index in [0.717, 1.165) is 0 Å². The van der Waals surface area contributed by atoms with Gasteiger partial charge in [-0.15, -0.1) is 0 Å². The van der Waals surface area contributed by atoms with Crippen LogP contribution in [0.15, 0.2) is 22.7 Å². The number of carbonyl (C=O) groups excluding carboxylic acids is 1. The molecule has 0 spiro atoms. The Hall–Kier alpha value is -1.96. The molecule has 0 unspecified atom stereocenters. The number of halogens is 1. The van der Waals surface area contributed by atoms with Crippen LogP contribution in [0.4, 0.5) is 5.95 Å². The lowest BCUT2D eigenvalue weighted by atomic mass is 10.2. The van der Waals surface area contributed by atoms with Crippen molar-refractivity contribution >= 4 is 27.8 Å². The fourth-order valence-electron chi connectivity index (χ4n) is 1.09. The van der Waals surface area contributed by atoms with Crippen molar-refractivity contribution in [2.75, 3.05) is 5.32 Å². The zero-order valence-corrected chi connectivity index (χ0v) is 9.39. The minimum absolute atomic E-state index is 0.115. The molecule has 0 saturated carbocycles. The highest BCUT2D eigenvalue weighted by Crippen LogP contribution is 2.27. The standard InChI is InChI=1S/C8H6BrN5O2/c9-5-3-1-2-4(6(5)15)7(16)10-8-11-13-14-12-8/h1-3,15H,(H2,10,11,12,13,14,16). The molecule has 0 aliphatic heterocycles. The molecule has 0 aliphatic rings. The van der Waals surface area contributed by atoms with E-state index in [1.54, 1.807) is 12.1 Å². The Morgan fingerprint density at radius 3 is 3.00 bits per heavy atom. The molecule has 0 atom stereocenters. The molecule has 0 fully saturated rings. The first-order valence-corrected chi connectivity index (χ1v) is 5.00. The summed E-state index contributed by atoms with van der Waals surface area (Å²) >= 11 is 3.11. The maximum Gasteiger partial charge on any atom is 0.261 e. The Kier molecular flexibility index (Phi) is 2.82. The van der Waals surface area contributed by atoms with Crippen molar-refractivity contribution in [1.29, 1.82) is 0 Å². The van der Waals surface area contributed by atoms with Crippen LogP contribution in [0.1, 0.15) is 10.4 Å².